The number of rotatable bonds is 10. The Morgan fingerprint density at radius 3 is 2.00 bits per heavy atom. The van der Waals surface area contributed by atoms with E-state index in [4.69, 9.17) is 20.9 Å². The van der Waals surface area contributed by atoms with Crippen molar-refractivity contribution in [3.05, 3.63) is 0 Å². The van der Waals surface area contributed by atoms with Crippen molar-refractivity contribution in [3.8, 4) is 0 Å². The van der Waals surface area contributed by atoms with Crippen LogP contribution in [-0.2, 0) is 14.3 Å². The second kappa shape index (κ2) is 7.93. The molecule has 1 amide bonds. The maximum absolute atomic E-state index is 11.8. The average molecular weight is 290 g/mol. The standard InChI is InChI=1S/C14H30N2O4/c1-6-19-14(16,20-7-2)9-13(5,12(15)18)8-10(3)11(4)17/h10-11,17H,6-9,16H2,1-5H3,(H2,15,18). The van der Waals surface area contributed by atoms with Gasteiger partial charge in [-0.25, -0.2) is 0 Å². The molecule has 0 spiro atoms. The van der Waals surface area contributed by atoms with E-state index in [-0.39, 0.29) is 12.3 Å². The van der Waals surface area contributed by atoms with E-state index >= 15 is 0 Å². The number of hydrogen-bond acceptors (Lipinski definition) is 5. The molecule has 3 unspecified atom stereocenters. The minimum absolute atomic E-state index is 0.0833. The highest BCUT2D eigenvalue weighted by Crippen LogP contribution is 2.35. The zero-order valence-electron chi connectivity index (χ0n) is 13.3. The Kier molecular flexibility index (Phi) is 7.65. The van der Waals surface area contributed by atoms with Crippen molar-refractivity contribution < 1.29 is 19.4 Å². The Morgan fingerprint density at radius 2 is 1.70 bits per heavy atom. The molecule has 0 aliphatic rings. The molecule has 120 valence electrons. The molecule has 0 fully saturated rings. The highest BCUT2D eigenvalue weighted by atomic mass is 16.7. The van der Waals surface area contributed by atoms with Gasteiger partial charge in [0.25, 0.3) is 0 Å². The second-order valence-corrected chi connectivity index (χ2v) is 5.70. The third-order valence-corrected chi connectivity index (χ3v) is 3.60. The molecule has 6 heteroatoms. The van der Waals surface area contributed by atoms with Crippen molar-refractivity contribution >= 4 is 5.91 Å². The fourth-order valence-electron chi connectivity index (χ4n) is 2.32. The van der Waals surface area contributed by atoms with Crippen molar-refractivity contribution in [2.75, 3.05) is 13.2 Å². The average Bonchev–Trinajstić information content (AvgIpc) is 2.28. The summed E-state index contributed by atoms with van der Waals surface area (Å²) in [5, 5.41) is 9.63. The summed E-state index contributed by atoms with van der Waals surface area (Å²) in [6, 6.07) is 0. The van der Waals surface area contributed by atoms with Gasteiger partial charge in [-0.05, 0) is 33.1 Å². The molecule has 0 aliphatic carbocycles. The van der Waals surface area contributed by atoms with Gasteiger partial charge in [0.15, 0.2) is 0 Å². The fraction of sp³-hybridized carbons (Fsp3) is 0.929. The van der Waals surface area contributed by atoms with Crippen LogP contribution >= 0.6 is 0 Å². The summed E-state index contributed by atoms with van der Waals surface area (Å²) in [7, 11) is 0. The molecule has 0 saturated heterocycles. The molecule has 3 atom stereocenters. The number of aliphatic hydroxyl groups is 1. The molecule has 0 bridgehead atoms. The van der Waals surface area contributed by atoms with Gasteiger partial charge in [0.1, 0.15) is 0 Å². The van der Waals surface area contributed by atoms with Crippen molar-refractivity contribution in [1.82, 2.24) is 0 Å². The van der Waals surface area contributed by atoms with Gasteiger partial charge in [0, 0.05) is 19.6 Å². The third kappa shape index (κ3) is 5.75. The van der Waals surface area contributed by atoms with Crippen LogP contribution in [0.25, 0.3) is 0 Å². The van der Waals surface area contributed by atoms with E-state index < -0.39 is 23.3 Å². The van der Waals surface area contributed by atoms with Crippen LogP contribution < -0.4 is 11.5 Å². The lowest BCUT2D eigenvalue weighted by atomic mass is 9.75. The summed E-state index contributed by atoms with van der Waals surface area (Å²) in [5.41, 5.74) is 10.7. The van der Waals surface area contributed by atoms with Crippen LogP contribution in [0, 0.1) is 11.3 Å². The van der Waals surface area contributed by atoms with Crippen LogP contribution in [0.1, 0.15) is 47.5 Å². The molecule has 0 radical (unpaired) electrons. The van der Waals surface area contributed by atoms with Crippen LogP contribution in [0.5, 0.6) is 0 Å². The zero-order chi connectivity index (χ0) is 16.0. The van der Waals surface area contributed by atoms with Crippen LogP contribution in [0.3, 0.4) is 0 Å². The highest BCUT2D eigenvalue weighted by Gasteiger charge is 2.42. The van der Waals surface area contributed by atoms with Gasteiger partial charge in [-0.15, -0.1) is 0 Å². The Hall–Kier alpha value is -0.690. The summed E-state index contributed by atoms with van der Waals surface area (Å²) >= 11 is 0. The molecule has 0 aromatic rings. The zero-order valence-corrected chi connectivity index (χ0v) is 13.3. The maximum atomic E-state index is 11.8. The Bertz CT molecular complexity index is 304. The highest BCUT2D eigenvalue weighted by molar-refractivity contribution is 5.80. The van der Waals surface area contributed by atoms with Gasteiger partial charge in [-0.2, -0.15) is 0 Å². The SMILES string of the molecule is CCOC(N)(CC(C)(CC(C)C(C)O)C(N)=O)OCC. The molecule has 0 rings (SSSR count). The fourth-order valence-corrected chi connectivity index (χ4v) is 2.32. The first-order valence-corrected chi connectivity index (χ1v) is 7.15. The molecule has 0 heterocycles. The van der Waals surface area contributed by atoms with Crippen molar-refractivity contribution in [2.45, 2.75) is 59.5 Å². The van der Waals surface area contributed by atoms with E-state index in [1.54, 1.807) is 27.7 Å². The topological polar surface area (TPSA) is 108 Å². The number of carbonyl (C=O) groups excluding carboxylic acids is 1. The number of nitrogens with two attached hydrogens (primary N) is 2. The van der Waals surface area contributed by atoms with Crippen molar-refractivity contribution in [3.63, 3.8) is 0 Å². The number of aliphatic hydroxyl groups excluding tert-OH is 1. The Morgan fingerprint density at radius 1 is 1.25 bits per heavy atom. The normalized spacial score (nSPS) is 18.4. The number of amides is 1. The van der Waals surface area contributed by atoms with Gasteiger partial charge in [0.05, 0.1) is 11.5 Å². The minimum atomic E-state index is -1.34. The molecule has 0 aromatic heterocycles. The molecule has 0 saturated carbocycles. The largest absolute Gasteiger partial charge is 0.393 e. The van der Waals surface area contributed by atoms with Gasteiger partial charge < -0.3 is 20.3 Å². The van der Waals surface area contributed by atoms with Crippen LogP contribution in [0.4, 0.5) is 0 Å². The molecule has 5 N–H and O–H groups in total. The monoisotopic (exact) mass is 290 g/mol. The van der Waals surface area contributed by atoms with Gasteiger partial charge in [-0.1, -0.05) is 13.8 Å². The molecular weight excluding hydrogens is 260 g/mol. The van der Waals surface area contributed by atoms with Crippen molar-refractivity contribution in [1.29, 1.82) is 0 Å². The van der Waals surface area contributed by atoms with Gasteiger partial charge in [0.2, 0.25) is 11.8 Å². The third-order valence-electron chi connectivity index (χ3n) is 3.60. The smallest absolute Gasteiger partial charge is 0.225 e. The van der Waals surface area contributed by atoms with E-state index in [9.17, 15) is 9.90 Å². The van der Waals surface area contributed by atoms with Crippen molar-refractivity contribution in [2.24, 2.45) is 22.8 Å². The lowest BCUT2D eigenvalue weighted by Gasteiger charge is -2.38. The lowest BCUT2D eigenvalue weighted by Crippen LogP contribution is -2.53. The van der Waals surface area contributed by atoms with Crippen LogP contribution in [-0.4, -0.2) is 36.2 Å². The molecular formula is C14H30N2O4. The molecule has 20 heavy (non-hydrogen) atoms. The van der Waals surface area contributed by atoms with E-state index in [0.717, 1.165) is 0 Å². The minimum Gasteiger partial charge on any atom is -0.393 e. The second-order valence-electron chi connectivity index (χ2n) is 5.70. The summed E-state index contributed by atoms with van der Waals surface area (Å²) in [6.45, 7) is 9.64. The Balaban J connectivity index is 5.10. The van der Waals surface area contributed by atoms with Gasteiger partial charge in [-0.3, -0.25) is 10.5 Å². The molecule has 0 aromatic carbocycles. The first kappa shape index (κ1) is 19.3. The summed E-state index contributed by atoms with van der Waals surface area (Å²) in [5.74, 6) is -1.90. The van der Waals surface area contributed by atoms with Crippen LogP contribution in [0.2, 0.25) is 0 Å². The quantitative estimate of drug-likeness (QED) is 0.519. The first-order valence-electron chi connectivity index (χ1n) is 7.15. The summed E-state index contributed by atoms with van der Waals surface area (Å²) in [4.78, 5) is 11.8. The van der Waals surface area contributed by atoms with E-state index in [1.807, 2.05) is 6.92 Å². The molecule has 6 nitrogen and oxygen atoms in total. The number of ether oxygens (including phenoxy) is 2. The maximum Gasteiger partial charge on any atom is 0.225 e. The van der Waals surface area contributed by atoms with Crippen LogP contribution in [0.15, 0.2) is 0 Å². The number of carbonyl (C=O) groups is 1. The summed E-state index contributed by atoms with van der Waals surface area (Å²) < 4.78 is 10.9. The Labute approximate surface area is 121 Å². The predicted octanol–water partition coefficient (Wildman–Crippen LogP) is 0.961. The van der Waals surface area contributed by atoms with E-state index in [1.165, 1.54) is 0 Å². The lowest BCUT2D eigenvalue weighted by molar-refractivity contribution is -0.246. The van der Waals surface area contributed by atoms with E-state index in [0.29, 0.717) is 19.6 Å². The number of primary amides is 1. The number of hydrogen-bond donors (Lipinski definition) is 3. The van der Waals surface area contributed by atoms with E-state index in [2.05, 4.69) is 0 Å². The predicted molar refractivity (Wildman–Crippen MR) is 77.6 cm³/mol. The van der Waals surface area contributed by atoms with Gasteiger partial charge >= 0.3 is 0 Å². The first-order chi connectivity index (χ1) is 9.10. The molecule has 0 aliphatic heterocycles. The summed E-state index contributed by atoms with van der Waals surface area (Å²) in [6.07, 6.45) is 0.0349.